The van der Waals surface area contributed by atoms with Crippen LogP contribution in [0, 0.1) is 0 Å². The van der Waals surface area contributed by atoms with Crippen LogP contribution in [0.5, 0.6) is 0 Å². The molecule has 3 amide bonds. The first-order valence-electron chi connectivity index (χ1n) is 10.5. The zero-order valence-corrected chi connectivity index (χ0v) is 17.7. The number of hydrogen-bond acceptors (Lipinski definition) is 4. The predicted molar refractivity (Wildman–Crippen MR) is 117 cm³/mol. The van der Waals surface area contributed by atoms with Crippen LogP contribution in [-0.4, -0.2) is 72.8 Å². The monoisotopic (exact) mass is 410 g/mol. The van der Waals surface area contributed by atoms with E-state index < -0.39 is 0 Å². The second-order valence-corrected chi connectivity index (χ2v) is 7.95. The van der Waals surface area contributed by atoms with Gasteiger partial charge in [-0.25, -0.2) is 0 Å². The molecule has 2 aromatic carbocycles. The van der Waals surface area contributed by atoms with Gasteiger partial charge in [0.15, 0.2) is 0 Å². The maximum Gasteiger partial charge on any atom is 0.251 e. The fraction of sp³-hybridized carbons (Fsp3) is 0.435. The average Bonchev–Trinajstić information content (AvgIpc) is 2.73. The zero-order chi connectivity index (χ0) is 21.5. The van der Waals surface area contributed by atoms with Crippen molar-refractivity contribution < 1.29 is 14.4 Å². The molecule has 0 saturated carbocycles. The van der Waals surface area contributed by atoms with Crippen LogP contribution >= 0.6 is 0 Å². The molecule has 1 saturated heterocycles. The number of carbonyl (C=O) groups excluding carboxylic acids is 3. The van der Waals surface area contributed by atoms with E-state index in [2.05, 4.69) is 15.5 Å². The van der Waals surface area contributed by atoms with Gasteiger partial charge in [0.1, 0.15) is 0 Å². The quantitative estimate of drug-likeness (QED) is 0.727. The molecule has 7 heteroatoms. The molecule has 0 bridgehead atoms. The van der Waals surface area contributed by atoms with Crippen molar-refractivity contribution in [2.75, 3.05) is 39.3 Å². The highest BCUT2D eigenvalue weighted by Gasteiger charge is 2.22. The van der Waals surface area contributed by atoms with Crippen molar-refractivity contribution in [1.29, 1.82) is 0 Å². The summed E-state index contributed by atoms with van der Waals surface area (Å²) in [6.45, 7) is 7.12. The fourth-order valence-corrected chi connectivity index (χ4v) is 3.60. The van der Waals surface area contributed by atoms with E-state index in [1.165, 1.54) is 0 Å². The molecule has 3 rings (SSSR count). The Morgan fingerprint density at radius 2 is 1.67 bits per heavy atom. The number of hydrogen-bond donors (Lipinski definition) is 2. The van der Waals surface area contributed by atoms with Crippen LogP contribution in [0.15, 0.2) is 42.5 Å². The van der Waals surface area contributed by atoms with E-state index in [1.807, 2.05) is 50.2 Å². The fourth-order valence-electron chi connectivity index (χ4n) is 3.60. The zero-order valence-electron chi connectivity index (χ0n) is 17.7. The number of rotatable bonds is 7. The van der Waals surface area contributed by atoms with Gasteiger partial charge in [-0.3, -0.25) is 19.3 Å². The minimum absolute atomic E-state index is 0.0150. The number of carbonyl (C=O) groups is 3. The molecule has 7 nitrogen and oxygen atoms in total. The first-order valence-corrected chi connectivity index (χ1v) is 10.5. The third kappa shape index (κ3) is 6.03. The van der Waals surface area contributed by atoms with Gasteiger partial charge in [0, 0.05) is 50.7 Å². The van der Waals surface area contributed by atoms with Crippen molar-refractivity contribution in [2.45, 2.75) is 26.3 Å². The van der Waals surface area contributed by atoms with Crippen molar-refractivity contribution in [3.63, 3.8) is 0 Å². The van der Waals surface area contributed by atoms with Gasteiger partial charge in [0.25, 0.3) is 5.91 Å². The van der Waals surface area contributed by atoms with Crippen LogP contribution in [0.3, 0.4) is 0 Å². The molecule has 0 aromatic heterocycles. The van der Waals surface area contributed by atoms with Crippen LogP contribution in [0.25, 0.3) is 10.8 Å². The van der Waals surface area contributed by atoms with E-state index in [1.54, 1.807) is 11.0 Å². The topological polar surface area (TPSA) is 81.8 Å². The van der Waals surface area contributed by atoms with E-state index in [0.29, 0.717) is 44.8 Å². The van der Waals surface area contributed by atoms with Gasteiger partial charge in [0.05, 0.1) is 6.54 Å². The average molecular weight is 411 g/mol. The molecule has 2 N–H and O–H groups in total. The Morgan fingerprint density at radius 1 is 0.967 bits per heavy atom. The van der Waals surface area contributed by atoms with Gasteiger partial charge in [-0.05, 0) is 36.8 Å². The summed E-state index contributed by atoms with van der Waals surface area (Å²) >= 11 is 0. The molecule has 0 atom stereocenters. The smallest absolute Gasteiger partial charge is 0.251 e. The molecule has 1 fully saturated rings. The van der Waals surface area contributed by atoms with Crippen molar-refractivity contribution in [3.8, 4) is 0 Å². The highest BCUT2D eigenvalue weighted by Crippen LogP contribution is 2.15. The Kier molecular flexibility index (Phi) is 7.41. The maximum absolute atomic E-state index is 12.4. The highest BCUT2D eigenvalue weighted by atomic mass is 16.2. The van der Waals surface area contributed by atoms with Crippen LogP contribution < -0.4 is 10.6 Å². The Labute approximate surface area is 177 Å². The van der Waals surface area contributed by atoms with Gasteiger partial charge in [-0.1, -0.05) is 30.3 Å². The number of nitrogens with zero attached hydrogens (tertiary/aromatic N) is 2. The summed E-state index contributed by atoms with van der Waals surface area (Å²) in [5.74, 6) is -0.129. The molecule has 1 aliphatic heterocycles. The number of fused-ring (bicyclic) bond motifs is 1. The first-order chi connectivity index (χ1) is 14.4. The molecule has 1 aliphatic rings. The Balaban J connectivity index is 1.39. The van der Waals surface area contributed by atoms with E-state index in [4.69, 9.17) is 0 Å². The second-order valence-electron chi connectivity index (χ2n) is 7.95. The molecule has 160 valence electrons. The van der Waals surface area contributed by atoms with E-state index in [-0.39, 0.29) is 30.2 Å². The van der Waals surface area contributed by atoms with Crippen molar-refractivity contribution in [3.05, 3.63) is 48.0 Å². The molecule has 0 aliphatic carbocycles. The third-order valence-electron chi connectivity index (χ3n) is 5.18. The normalized spacial score (nSPS) is 14.7. The maximum atomic E-state index is 12.4. The van der Waals surface area contributed by atoms with Gasteiger partial charge < -0.3 is 15.5 Å². The molecular weight excluding hydrogens is 380 g/mol. The molecular formula is C23H30N4O3. The van der Waals surface area contributed by atoms with Crippen molar-refractivity contribution in [2.24, 2.45) is 0 Å². The molecule has 2 aromatic rings. The number of nitrogens with one attached hydrogen (secondary N) is 2. The Hall–Kier alpha value is -2.93. The van der Waals surface area contributed by atoms with Crippen LogP contribution in [0.1, 0.15) is 30.6 Å². The lowest BCUT2D eigenvalue weighted by Crippen LogP contribution is -2.51. The molecule has 30 heavy (non-hydrogen) atoms. The predicted octanol–water partition coefficient (Wildman–Crippen LogP) is 1.63. The highest BCUT2D eigenvalue weighted by molar-refractivity contribution is 5.98. The summed E-state index contributed by atoms with van der Waals surface area (Å²) in [4.78, 5) is 40.6. The van der Waals surface area contributed by atoms with Crippen LogP contribution in [0.2, 0.25) is 0 Å². The van der Waals surface area contributed by atoms with E-state index in [0.717, 1.165) is 10.8 Å². The van der Waals surface area contributed by atoms with Crippen molar-refractivity contribution >= 4 is 28.5 Å². The summed E-state index contributed by atoms with van der Waals surface area (Å²) < 4.78 is 0. The van der Waals surface area contributed by atoms with Crippen LogP contribution in [-0.2, 0) is 9.59 Å². The molecule has 0 radical (unpaired) electrons. The SMILES string of the molecule is CC(C)NC(=O)CN1CCN(C(=O)CCNC(=O)c2ccc3ccccc3c2)CC1. The standard InChI is InChI=1S/C23H30N4O3/c1-17(2)25-21(28)16-26-11-13-27(14-12-26)22(29)9-10-24-23(30)20-8-7-18-5-3-4-6-19(18)15-20/h3-8,15,17H,9-14,16H2,1-2H3,(H,24,30)(H,25,28). The summed E-state index contributed by atoms with van der Waals surface area (Å²) in [7, 11) is 0. The Bertz CT molecular complexity index is 904. The number of benzene rings is 2. The van der Waals surface area contributed by atoms with Gasteiger partial charge in [-0.15, -0.1) is 0 Å². The lowest BCUT2D eigenvalue weighted by molar-refractivity contribution is -0.133. The minimum atomic E-state index is -0.172. The molecule has 0 unspecified atom stereocenters. The summed E-state index contributed by atoms with van der Waals surface area (Å²) in [5.41, 5.74) is 0.592. The van der Waals surface area contributed by atoms with Gasteiger partial charge in [0.2, 0.25) is 11.8 Å². The van der Waals surface area contributed by atoms with E-state index >= 15 is 0 Å². The van der Waals surface area contributed by atoms with Gasteiger partial charge >= 0.3 is 0 Å². The van der Waals surface area contributed by atoms with E-state index in [9.17, 15) is 14.4 Å². The number of amides is 3. The van der Waals surface area contributed by atoms with Gasteiger partial charge in [-0.2, -0.15) is 0 Å². The van der Waals surface area contributed by atoms with Crippen LogP contribution in [0.4, 0.5) is 0 Å². The lowest BCUT2D eigenvalue weighted by atomic mass is 10.1. The van der Waals surface area contributed by atoms with Crippen molar-refractivity contribution in [1.82, 2.24) is 20.4 Å². The summed E-state index contributed by atoms with van der Waals surface area (Å²) in [6, 6.07) is 13.6. The molecule has 0 spiro atoms. The third-order valence-corrected chi connectivity index (χ3v) is 5.18. The Morgan fingerprint density at radius 3 is 2.37 bits per heavy atom. The lowest BCUT2D eigenvalue weighted by Gasteiger charge is -2.34. The molecule has 1 heterocycles. The largest absolute Gasteiger partial charge is 0.353 e. The number of piperazine rings is 1. The first kappa shape index (κ1) is 21.8. The second kappa shape index (κ2) is 10.2. The summed E-state index contributed by atoms with van der Waals surface area (Å²) in [5, 5.41) is 7.82. The minimum Gasteiger partial charge on any atom is -0.353 e. The summed E-state index contributed by atoms with van der Waals surface area (Å²) in [6.07, 6.45) is 0.271.